The molecule has 0 aliphatic heterocycles. The zero-order valence-corrected chi connectivity index (χ0v) is 15.4. The number of nitrogens with zero attached hydrogens (tertiary/aromatic N) is 2. The van der Waals surface area contributed by atoms with Crippen molar-refractivity contribution in [3.8, 4) is 6.07 Å². The first kappa shape index (κ1) is 20.9. The van der Waals surface area contributed by atoms with Gasteiger partial charge < -0.3 is 15.0 Å². The number of carbonyl (C=O) groups is 3. The number of benzene rings is 1. The van der Waals surface area contributed by atoms with Gasteiger partial charge >= 0.3 is 5.97 Å². The maximum absolute atomic E-state index is 11.9. The van der Waals surface area contributed by atoms with E-state index in [2.05, 4.69) is 5.32 Å². The zero-order valence-electron chi connectivity index (χ0n) is 15.4. The first-order valence-corrected chi connectivity index (χ1v) is 8.00. The van der Waals surface area contributed by atoms with Crippen LogP contribution in [0.1, 0.15) is 31.9 Å². The van der Waals surface area contributed by atoms with Gasteiger partial charge in [-0.05, 0) is 44.5 Å². The molecule has 26 heavy (non-hydrogen) atoms. The van der Waals surface area contributed by atoms with E-state index in [1.54, 1.807) is 24.3 Å². The smallest absolute Gasteiger partial charge is 0.331 e. The van der Waals surface area contributed by atoms with Gasteiger partial charge in [0.05, 0.1) is 18.2 Å². The van der Waals surface area contributed by atoms with Crippen molar-refractivity contribution >= 4 is 23.9 Å². The molecule has 7 nitrogen and oxygen atoms in total. The number of nitriles is 1. The van der Waals surface area contributed by atoms with Crippen molar-refractivity contribution in [2.45, 2.75) is 26.3 Å². The number of rotatable bonds is 6. The molecular weight excluding hydrogens is 334 g/mol. The Morgan fingerprint density at radius 3 is 2.38 bits per heavy atom. The molecule has 0 aliphatic carbocycles. The Balaban J connectivity index is 2.43. The highest BCUT2D eigenvalue weighted by Crippen LogP contribution is 2.05. The lowest BCUT2D eigenvalue weighted by molar-refractivity contribution is -0.148. The van der Waals surface area contributed by atoms with Crippen molar-refractivity contribution in [3.63, 3.8) is 0 Å². The summed E-state index contributed by atoms with van der Waals surface area (Å²) < 4.78 is 4.87. The maximum Gasteiger partial charge on any atom is 0.331 e. The Morgan fingerprint density at radius 1 is 1.23 bits per heavy atom. The Labute approximate surface area is 153 Å². The van der Waals surface area contributed by atoms with E-state index in [0.717, 1.165) is 5.56 Å². The molecule has 0 radical (unpaired) electrons. The molecule has 0 aliphatic rings. The molecule has 0 atom stereocenters. The zero-order chi connectivity index (χ0) is 19.7. The molecule has 2 amide bonds. The second-order valence-corrected chi connectivity index (χ2v) is 6.72. The summed E-state index contributed by atoms with van der Waals surface area (Å²) in [7, 11) is 1.46. The SMILES string of the molecule is CN(CC(=O)NC(C)(C)C)C(=O)COC(=O)/C=C/c1ccc(C#N)cc1. The van der Waals surface area contributed by atoms with Crippen LogP contribution in [0.25, 0.3) is 6.08 Å². The van der Waals surface area contributed by atoms with Gasteiger partial charge in [0.25, 0.3) is 5.91 Å². The third-order valence-electron chi connectivity index (χ3n) is 3.11. The summed E-state index contributed by atoms with van der Waals surface area (Å²) >= 11 is 0. The molecule has 0 unspecified atom stereocenters. The molecule has 0 fully saturated rings. The van der Waals surface area contributed by atoms with E-state index in [0.29, 0.717) is 5.56 Å². The number of likely N-dealkylation sites (N-methyl/N-ethyl adjacent to an activating group) is 1. The highest BCUT2D eigenvalue weighted by Gasteiger charge is 2.18. The molecule has 0 saturated carbocycles. The second kappa shape index (κ2) is 9.37. The lowest BCUT2D eigenvalue weighted by Gasteiger charge is -2.23. The highest BCUT2D eigenvalue weighted by molar-refractivity contribution is 5.90. The summed E-state index contributed by atoms with van der Waals surface area (Å²) in [5.41, 5.74) is 0.862. The van der Waals surface area contributed by atoms with Crippen molar-refractivity contribution in [2.24, 2.45) is 0 Å². The van der Waals surface area contributed by atoms with Gasteiger partial charge in [0, 0.05) is 18.7 Å². The molecule has 0 spiro atoms. The number of hydrogen-bond acceptors (Lipinski definition) is 5. The van der Waals surface area contributed by atoms with Crippen LogP contribution in [0.15, 0.2) is 30.3 Å². The number of ether oxygens (including phenoxy) is 1. The van der Waals surface area contributed by atoms with Crippen molar-refractivity contribution in [2.75, 3.05) is 20.2 Å². The van der Waals surface area contributed by atoms with Gasteiger partial charge in [-0.15, -0.1) is 0 Å². The third kappa shape index (κ3) is 8.11. The van der Waals surface area contributed by atoms with Crippen LogP contribution < -0.4 is 5.32 Å². The van der Waals surface area contributed by atoms with Crippen LogP contribution in [0.5, 0.6) is 0 Å². The standard InChI is InChI=1S/C19H23N3O4/c1-19(2,3)21-16(23)12-22(4)17(24)13-26-18(25)10-9-14-5-7-15(11-20)8-6-14/h5-10H,12-13H2,1-4H3,(H,21,23)/b10-9+. The second-order valence-electron chi connectivity index (χ2n) is 6.72. The minimum absolute atomic E-state index is 0.116. The van der Waals surface area contributed by atoms with E-state index >= 15 is 0 Å². The number of nitrogens with one attached hydrogen (secondary N) is 1. The van der Waals surface area contributed by atoms with Gasteiger partial charge in [-0.1, -0.05) is 12.1 Å². The molecule has 0 bridgehead atoms. The van der Waals surface area contributed by atoms with Gasteiger partial charge in [0.15, 0.2) is 6.61 Å². The first-order chi connectivity index (χ1) is 12.1. The maximum atomic E-state index is 11.9. The number of carbonyl (C=O) groups excluding carboxylic acids is 3. The molecular formula is C19H23N3O4. The van der Waals surface area contributed by atoms with Crippen molar-refractivity contribution in [1.82, 2.24) is 10.2 Å². The molecule has 0 aromatic heterocycles. The van der Waals surface area contributed by atoms with Crippen LogP contribution in [-0.4, -0.2) is 48.4 Å². The Morgan fingerprint density at radius 2 is 1.85 bits per heavy atom. The fourth-order valence-electron chi connectivity index (χ4n) is 1.89. The minimum Gasteiger partial charge on any atom is -0.452 e. The van der Waals surface area contributed by atoms with Crippen LogP contribution in [-0.2, 0) is 19.1 Å². The molecule has 1 aromatic rings. The van der Waals surface area contributed by atoms with E-state index in [-0.39, 0.29) is 18.0 Å². The van der Waals surface area contributed by atoms with Gasteiger partial charge in [-0.3, -0.25) is 9.59 Å². The topological polar surface area (TPSA) is 99.5 Å². The first-order valence-electron chi connectivity index (χ1n) is 8.00. The summed E-state index contributed by atoms with van der Waals surface area (Å²) in [5.74, 6) is -1.44. The third-order valence-corrected chi connectivity index (χ3v) is 3.11. The quantitative estimate of drug-likeness (QED) is 0.614. The van der Waals surface area contributed by atoms with Crippen LogP contribution in [0, 0.1) is 11.3 Å². The van der Waals surface area contributed by atoms with Crippen molar-refractivity contribution in [3.05, 3.63) is 41.5 Å². The lowest BCUT2D eigenvalue weighted by atomic mass is 10.1. The van der Waals surface area contributed by atoms with Crippen molar-refractivity contribution < 1.29 is 19.1 Å². The average molecular weight is 357 g/mol. The van der Waals surface area contributed by atoms with E-state index in [9.17, 15) is 14.4 Å². The molecule has 1 aromatic carbocycles. The monoisotopic (exact) mass is 357 g/mol. The normalized spacial score (nSPS) is 10.9. The van der Waals surface area contributed by atoms with Crippen LogP contribution in [0.3, 0.4) is 0 Å². The molecule has 1 N–H and O–H groups in total. The van der Waals surface area contributed by atoms with Crippen molar-refractivity contribution in [1.29, 1.82) is 5.26 Å². The minimum atomic E-state index is -0.671. The van der Waals surface area contributed by atoms with Crippen LogP contribution >= 0.6 is 0 Å². The van der Waals surface area contributed by atoms with Gasteiger partial charge in [-0.25, -0.2) is 4.79 Å². The van der Waals surface area contributed by atoms with E-state index in [4.69, 9.17) is 10.00 Å². The number of esters is 1. The summed E-state index contributed by atoms with van der Waals surface area (Å²) in [6.45, 7) is 4.96. The van der Waals surface area contributed by atoms with E-state index < -0.39 is 18.5 Å². The summed E-state index contributed by atoms with van der Waals surface area (Å²) in [6, 6.07) is 8.64. The van der Waals surface area contributed by atoms with Gasteiger partial charge in [-0.2, -0.15) is 5.26 Å². The molecule has 7 heteroatoms. The highest BCUT2D eigenvalue weighted by atomic mass is 16.5. The fraction of sp³-hybridized carbons (Fsp3) is 0.368. The van der Waals surface area contributed by atoms with Crippen LogP contribution in [0.2, 0.25) is 0 Å². The fourth-order valence-corrected chi connectivity index (χ4v) is 1.89. The Hall–Kier alpha value is -3.14. The number of amides is 2. The Bertz CT molecular complexity index is 725. The van der Waals surface area contributed by atoms with Crippen LogP contribution in [0.4, 0.5) is 0 Å². The van der Waals surface area contributed by atoms with Gasteiger partial charge in [0.1, 0.15) is 0 Å². The largest absolute Gasteiger partial charge is 0.452 e. The summed E-state index contributed by atoms with van der Waals surface area (Å²) in [4.78, 5) is 36.5. The molecule has 138 valence electrons. The summed E-state index contributed by atoms with van der Waals surface area (Å²) in [5, 5.41) is 11.5. The Kier molecular flexibility index (Phi) is 7.53. The van der Waals surface area contributed by atoms with Gasteiger partial charge in [0.2, 0.25) is 5.91 Å². The summed E-state index contributed by atoms with van der Waals surface area (Å²) in [6.07, 6.45) is 2.72. The number of hydrogen-bond donors (Lipinski definition) is 1. The molecule has 0 heterocycles. The molecule has 1 rings (SSSR count). The predicted molar refractivity (Wildman–Crippen MR) is 96.7 cm³/mol. The lowest BCUT2D eigenvalue weighted by Crippen LogP contribution is -2.46. The average Bonchev–Trinajstić information content (AvgIpc) is 2.56. The molecule has 0 saturated heterocycles. The van der Waals surface area contributed by atoms with E-state index in [1.165, 1.54) is 24.1 Å². The van der Waals surface area contributed by atoms with E-state index in [1.807, 2.05) is 26.8 Å². The predicted octanol–water partition coefficient (Wildman–Crippen LogP) is 1.49.